The molecule has 1 aromatic heterocycles. The molecule has 0 spiro atoms. The van der Waals surface area contributed by atoms with E-state index in [4.69, 9.17) is 4.74 Å². The molecule has 6 nitrogen and oxygen atoms in total. The largest absolute Gasteiger partial charge is 0.451 e. The van der Waals surface area contributed by atoms with E-state index >= 15 is 0 Å². The minimum atomic E-state index is -0.776. The highest BCUT2D eigenvalue weighted by atomic mass is 16.5. The van der Waals surface area contributed by atoms with Crippen LogP contribution in [-0.4, -0.2) is 34.5 Å². The van der Waals surface area contributed by atoms with Crippen LogP contribution in [0.15, 0.2) is 35.9 Å². The zero-order valence-electron chi connectivity index (χ0n) is 18.6. The number of carbonyl (C=O) groups excluding carboxylic acids is 2. The molecule has 0 bridgehead atoms. The Kier molecular flexibility index (Phi) is 6.96. The van der Waals surface area contributed by atoms with Gasteiger partial charge in [-0.25, -0.2) is 4.79 Å². The molecule has 0 atom stereocenters. The van der Waals surface area contributed by atoms with E-state index in [1.807, 2.05) is 44.2 Å². The first-order valence-corrected chi connectivity index (χ1v) is 10.6. The van der Waals surface area contributed by atoms with E-state index in [0.29, 0.717) is 19.0 Å². The third-order valence-corrected chi connectivity index (χ3v) is 5.61. The molecule has 0 saturated carbocycles. The van der Waals surface area contributed by atoms with Crippen molar-refractivity contribution in [2.45, 2.75) is 47.2 Å². The van der Waals surface area contributed by atoms with E-state index < -0.39 is 5.97 Å². The van der Waals surface area contributed by atoms with Gasteiger partial charge in [-0.2, -0.15) is 5.26 Å². The molecule has 1 amide bonds. The molecule has 162 valence electrons. The normalized spacial score (nSPS) is 13.7. The summed E-state index contributed by atoms with van der Waals surface area (Å²) in [4.78, 5) is 26.7. The average Bonchev–Trinajstić information content (AvgIpc) is 3.02. The number of amides is 1. The first kappa shape index (κ1) is 22.4. The highest BCUT2D eigenvalue weighted by Gasteiger charge is 2.22. The second-order valence-electron chi connectivity index (χ2n) is 8.41. The van der Waals surface area contributed by atoms with Gasteiger partial charge in [-0.15, -0.1) is 0 Å². The molecular formula is C25H29N3O3. The molecule has 0 unspecified atom stereocenters. The molecule has 0 N–H and O–H groups in total. The second-order valence-corrected chi connectivity index (χ2v) is 8.41. The average molecular weight is 420 g/mol. The Morgan fingerprint density at radius 2 is 1.94 bits per heavy atom. The zero-order chi connectivity index (χ0) is 22.5. The lowest BCUT2D eigenvalue weighted by molar-refractivity contribution is -0.149. The van der Waals surface area contributed by atoms with Crippen LogP contribution < -0.4 is 0 Å². The standard InChI is InChI=1S/C25H29N3O3/c1-17(2)14-28-18(3)11-22(19(28)4)12-23(13-26)25(30)31-16-24(29)27-10-9-20-7-5-6-8-21(20)15-27/h5-8,11-12,17H,9-10,14-16H2,1-4H3/b23-12+. The van der Waals surface area contributed by atoms with Crippen molar-refractivity contribution in [1.29, 1.82) is 5.26 Å². The van der Waals surface area contributed by atoms with Gasteiger partial charge in [0.2, 0.25) is 0 Å². The Morgan fingerprint density at radius 3 is 2.61 bits per heavy atom. The van der Waals surface area contributed by atoms with E-state index in [9.17, 15) is 14.9 Å². The van der Waals surface area contributed by atoms with Crippen LogP contribution in [0.3, 0.4) is 0 Å². The molecule has 1 aliphatic rings. The summed E-state index contributed by atoms with van der Waals surface area (Å²) < 4.78 is 7.36. The fourth-order valence-electron chi connectivity index (χ4n) is 3.92. The number of nitriles is 1. The van der Waals surface area contributed by atoms with Gasteiger partial charge in [-0.3, -0.25) is 4.79 Å². The molecule has 1 aromatic carbocycles. The molecule has 0 aliphatic carbocycles. The maximum absolute atomic E-state index is 12.5. The fraction of sp³-hybridized carbons (Fsp3) is 0.400. The van der Waals surface area contributed by atoms with Gasteiger partial charge in [0.25, 0.3) is 5.91 Å². The van der Waals surface area contributed by atoms with Crippen LogP contribution >= 0.6 is 0 Å². The summed E-state index contributed by atoms with van der Waals surface area (Å²) in [6.45, 7) is 9.86. The topological polar surface area (TPSA) is 75.3 Å². The minimum Gasteiger partial charge on any atom is -0.451 e. The Morgan fingerprint density at radius 1 is 1.23 bits per heavy atom. The summed E-state index contributed by atoms with van der Waals surface area (Å²) in [5, 5.41) is 9.47. The lowest BCUT2D eigenvalue weighted by Gasteiger charge is -2.28. The summed E-state index contributed by atoms with van der Waals surface area (Å²) in [5.41, 5.74) is 5.13. The minimum absolute atomic E-state index is 0.110. The lowest BCUT2D eigenvalue weighted by Crippen LogP contribution is -2.38. The van der Waals surface area contributed by atoms with Crippen LogP contribution in [-0.2, 0) is 33.8 Å². The van der Waals surface area contributed by atoms with Crippen molar-refractivity contribution in [2.75, 3.05) is 13.2 Å². The van der Waals surface area contributed by atoms with Gasteiger partial charge in [0.15, 0.2) is 6.61 Å². The molecule has 0 radical (unpaired) electrons. The predicted octanol–water partition coefficient (Wildman–Crippen LogP) is 3.80. The van der Waals surface area contributed by atoms with Crippen molar-refractivity contribution in [1.82, 2.24) is 9.47 Å². The summed E-state index contributed by atoms with van der Waals surface area (Å²) in [6.07, 6.45) is 2.33. The van der Waals surface area contributed by atoms with E-state index in [0.717, 1.165) is 35.5 Å². The van der Waals surface area contributed by atoms with Crippen molar-refractivity contribution in [3.8, 4) is 6.07 Å². The second kappa shape index (κ2) is 9.65. The van der Waals surface area contributed by atoms with Gasteiger partial charge in [0, 0.05) is 31.0 Å². The van der Waals surface area contributed by atoms with Gasteiger partial charge < -0.3 is 14.2 Å². The number of aromatic nitrogens is 1. The highest BCUT2D eigenvalue weighted by Crippen LogP contribution is 2.21. The Labute approximate surface area is 183 Å². The SMILES string of the molecule is Cc1cc(/C=C(\C#N)C(=O)OCC(=O)N2CCc3ccccc3C2)c(C)n1CC(C)C. The Bertz CT molecular complexity index is 1060. The molecular weight excluding hydrogens is 390 g/mol. The van der Waals surface area contributed by atoms with Crippen LogP contribution in [0.25, 0.3) is 6.08 Å². The molecule has 2 aromatic rings. The number of aryl methyl sites for hydroxylation is 1. The van der Waals surface area contributed by atoms with Gasteiger partial charge in [0.05, 0.1) is 0 Å². The van der Waals surface area contributed by atoms with Crippen LogP contribution in [0.2, 0.25) is 0 Å². The number of carbonyl (C=O) groups is 2. The van der Waals surface area contributed by atoms with E-state index in [1.165, 1.54) is 5.56 Å². The summed E-state index contributed by atoms with van der Waals surface area (Å²) in [5.74, 6) is -0.549. The maximum atomic E-state index is 12.5. The Hall–Kier alpha value is -3.33. The van der Waals surface area contributed by atoms with Crippen LogP contribution in [0.1, 0.15) is 41.9 Å². The van der Waals surface area contributed by atoms with Crippen LogP contribution in [0.5, 0.6) is 0 Å². The molecule has 1 aliphatic heterocycles. The van der Waals surface area contributed by atoms with Gasteiger partial charge in [0.1, 0.15) is 11.6 Å². The van der Waals surface area contributed by atoms with Gasteiger partial charge in [-0.1, -0.05) is 38.1 Å². The molecule has 0 fully saturated rings. The predicted molar refractivity (Wildman–Crippen MR) is 119 cm³/mol. The van der Waals surface area contributed by atoms with E-state index in [-0.39, 0.29) is 18.1 Å². The van der Waals surface area contributed by atoms with Gasteiger partial charge in [-0.05, 0) is 55.0 Å². The first-order valence-electron chi connectivity index (χ1n) is 10.6. The van der Waals surface area contributed by atoms with Crippen molar-refractivity contribution >= 4 is 18.0 Å². The number of benzene rings is 1. The summed E-state index contributed by atoms with van der Waals surface area (Å²) in [7, 11) is 0. The monoisotopic (exact) mass is 419 g/mol. The summed E-state index contributed by atoms with van der Waals surface area (Å²) >= 11 is 0. The van der Waals surface area contributed by atoms with Crippen LogP contribution in [0, 0.1) is 31.1 Å². The lowest BCUT2D eigenvalue weighted by atomic mass is 10.00. The zero-order valence-corrected chi connectivity index (χ0v) is 18.6. The van der Waals surface area contributed by atoms with Crippen LogP contribution in [0.4, 0.5) is 0 Å². The smallest absolute Gasteiger partial charge is 0.349 e. The molecule has 31 heavy (non-hydrogen) atoms. The third kappa shape index (κ3) is 5.24. The molecule has 3 rings (SSSR count). The fourth-order valence-corrected chi connectivity index (χ4v) is 3.92. The number of ether oxygens (including phenoxy) is 1. The maximum Gasteiger partial charge on any atom is 0.349 e. The number of rotatable bonds is 6. The first-order chi connectivity index (χ1) is 14.8. The highest BCUT2D eigenvalue weighted by molar-refractivity contribution is 5.99. The van der Waals surface area contributed by atoms with Gasteiger partial charge >= 0.3 is 5.97 Å². The molecule has 2 heterocycles. The number of fused-ring (bicyclic) bond motifs is 1. The molecule has 6 heteroatoms. The number of esters is 1. The Balaban J connectivity index is 1.64. The quantitative estimate of drug-likeness (QED) is 0.405. The number of hydrogen-bond donors (Lipinski definition) is 0. The number of hydrogen-bond acceptors (Lipinski definition) is 4. The molecule has 0 saturated heterocycles. The third-order valence-electron chi connectivity index (χ3n) is 5.61. The van der Waals surface area contributed by atoms with E-state index in [2.05, 4.69) is 24.5 Å². The van der Waals surface area contributed by atoms with Crippen molar-refractivity contribution in [2.24, 2.45) is 5.92 Å². The van der Waals surface area contributed by atoms with E-state index in [1.54, 1.807) is 11.0 Å². The van der Waals surface area contributed by atoms with Crippen molar-refractivity contribution in [3.05, 3.63) is 64.0 Å². The number of nitrogens with zero attached hydrogens (tertiary/aromatic N) is 3. The van der Waals surface area contributed by atoms with Crippen molar-refractivity contribution in [3.63, 3.8) is 0 Å². The van der Waals surface area contributed by atoms with Crippen molar-refractivity contribution < 1.29 is 14.3 Å². The summed E-state index contributed by atoms with van der Waals surface area (Å²) in [6, 6.07) is 11.9.